The van der Waals surface area contributed by atoms with Crippen LogP contribution in [0.25, 0.3) is 0 Å². The van der Waals surface area contributed by atoms with Gasteiger partial charge in [-0.25, -0.2) is 4.79 Å². The molecule has 1 aliphatic rings. The molecule has 1 amide bonds. The van der Waals surface area contributed by atoms with E-state index >= 15 is 0 Å². The third-order valence-corrected chi connectivity index (χ3v) is 5.07. The van der Waals surface area contributed by atoms with E-state index < -0.39 is 29.6 Å². The predicted molar refractivity (Wildman–Crippen MR) is 112 cm³/mol. The van der Waals surface area contributed by atoms with Crippen molar-refractivity contribution in [2.75, 3.05) is 20.8 Å². The molecule has 0 bridgehead atoms. The molecule has 8 nitrogen and oxygen atoms in total. The number of rotatable bonds is 6. The number of aliphatic hydroxyl groups excluding tert-OH is 1. The molecule has 0 saturated carbocycles. The van der Waals surface area contributed by atoms with Crippen LogP contribution in [0.3, 0.4) is 0 Å². The van der Waals surface area contributed by atoms with Gasteiger partial charge in [-0.05, 0) is 59.1 Å². The number of nitrogens with zero attached hydrogens (tertiary/aromatic N) is 1. The molecule has 0 aromatic heterocycles. The summed E-state index contributed by atoms with van der Waals surface area (Å²) in [5.41, 5.74) is 1.14. The normalized spacial score (nSPS) is 19.4. The van der Waals surface area contributed by atoms with Crippen LogP contribution in [0.2, 0.25) is 0 Å². The van der Waals surface area contributed by atoms with Crippen LogP contribution in [0.1, 0.15) is 51.3 Å². The van der Waals surface area contributed by atoms with Crippen LogP contribution in [0.5, 0.6) is 11.5 Å². The Hall–Kier alpha value is -2.03. The number of aryl methyl sites for hydroxylation is 1. The van der Waals surface area contributed by atoms with Crippen molar-refractivity contribution in [2.24, 2.45) is 0 Å². The molecular weight excluding hydrogens is 390 g/mol. The number of phenols is 1. The topological polar surface area (TPSA) is 97.7 Å². The molecule has 0 aliphatic carbocycles. The minimum Gasteiger partial charge on any atom is -0.504 e. The van der Waals surface area contributed by atoms with Crippen molar-refractivity contribution in [1.82, 2.24) is 4.90 Å². The van der Waals surface area contributed by atoms with Crippen LogP contribution in [-0.2, 0) is 27.2 Å². The Balaban J connectivity index is 2.42. The number of carbonyl (C=O) groups is 1. The summed E-state index contributed by atoms with van der Waals surface area (Å²) in [6.07, 6.45) is -0.567. The lowest BCUT2D eigenvalue weighted by atomic mass is 9.94. The Kier molecular flexibility index (Phi) is 7.27. The summed E-state index contributed by atoms with van der Waals surface area (Å²) in [4.78, 5) is 14.3. The Bertz CT molecular complexity index is 770. The van der Waals surface area contributed by atoms with Gasteiger partial charge < -0.3 is 34.1 Å². The van der Waals surface area contributed by atoms with E-state index in [1.807, 2.05) is 26.8 Å². The second-order valence-corrected chi connectivity index (χ2v) is 9.10. The quantitative estimate of drug-likeness (QED) is 0.723. The van der Waals surface area contributed by atoms with Crippen LogP contribution >= 0.6 is 0 Å². The third kappa shape index (κ3) is 5.56. The van der Waals surface area contributed by atoms with Gasteiger partial charge in [0.25, 0.3) is 0 Å². The predicted octanol–water partition coefficient (Wildman–Crippen LogP) is 3.13. The number of aromatic hydroxyl groups is 1. The lowest BCUT2D eigenvalue weighted by Gasteiger charge is -2.34. The maximum Gasteiger partial charge on any atom is 0.410 e. The van der Waals surface area contributed by atoms with Gasteiger partial charge in [-0.15, -0.1) is 0 Å². The highest BCUT2D eigenvalue weighted by Gasteiger charge is 2.41. The Morgan fingerprint density at radius 2 is 2.03 bits per heavy atom. The Labute approximate surface area is 178 Å². The monoisotopic (exact) mass is 425 g/mol. The lowest BCUT2D eigenvalue weighted by Crippen LogP contribution is -2.49. The fourth-order valence-corrected chi connectivity index (χ4v) is 3.62. The summed E-state index contributed by atoms with van der Waals surface area (Å²) in [5, 5.41) is 20.5. The molecule has 30 heavy (non-hydrogen) atoms. The minimum atomic E-state index is -0.768. The van der Waals surface area contributed by atoms with Crippen molar-refractivity contribution in [3.8, 4) is 11.5 Å². The molecule has 1 saturated heterocycles. The molecular formula is C22H35NO7. The van der Waals surface area contributed by atoms with E-state index in [2.05, 4.69) is 0 Å². The van der Waals surface area contributed by atoms with Crippen LogP contribution in [0.15, 0.2) is 6.07 Å². The molecule has 0 spiro atoms. The Morgan fingerprint density at radius 3 is 2.50 bits per heavy atom. The summed E-state index contributed by atoms with van der Waals surface area (Å²) < 4.78 is 22.6. The van der Waals surface area contributed by atoms with E-state index in [0.29, 0.717) is 29.9 Å². The van der Waals surface area contributed by atoms with E-state index in [0.717, 1.165) is 5.56 Å². The molecule has 1 heterocycles. The number of methoxy groups -OCH3 is 1. The number of likely N-dealkylation sites (N-methyl/N-ethyl adjacent to an activating group) is 1. The molecule has 2 unspecified atom stereocenters. The smallest absolute Gasteiger partial charge is 0.410 e. The van der Waals surface area contributed by atoms with Crippen molar-refractivity contribution in [1.29, 1.82) is 0 Å². The first-order valence-corrected chi connectivity index (χ1v) is 10.1. The van der Waals surface area contributed by atoms with Crippen LogP contribution in [0, 0.1) is 6.92 Å². The first-order chi connectivity index (χ1) is 13.8. The van der Waals surface area contributed by atoms with Gasteiger partial charge in [0.15, 0.2) is 17.3 Å². The van der Waals surface area contributed by atoms with Crippen LogP contribution in [0.4, 0.5) is 4.79 Å². The molecule has 1 aromatic rings. The molecule has 2 rings (SSSR count). The maximum absolute atomic E-state index is 12.8. The molecule has 170 valence electrons. The van der Waals surface area contributed by atoms with E-state index in [1.165, 1.54) is 12.0 Å². The molecule has 8 heteroatoms. The second kappa shape index (κ2) is 8.99. The molecule has 2 atom stereocenters. The van der Waals surface area contributed by atoms with Crippen LogP contribution in [-0.4, -0.2) is 65.5 Å². The molecule has 2 N–H and O–H groups in total. The summed E-state index contributed by atoms with van der Waals surface area (Å²) >= 11 is 0. The van der Waals surface area contributed by atoms with Crippen molar-refractivity contribution in [3.05, 3.63) is 22.8 Å². The number of hydrogen-bond acceptors (Lipinski definition) is 7. The van der Waals surface area contributed by atoms with Gasteiger partial charge in [0.2, 0.25) is 0 Å². The Morgan fingerprint density at radius 1 is 1.40 bits per heavy atom. The third-order valence-electron chi connectivity index (χ3n) is 5.07. The van der Waals surface area contributed by atoms with Gasteiger partial charge in [0.05, 0.1) is 26.4 Å². The van der Waals surface area contributed by atoms with Crippen molar-refractivity contribution >= 4 is 6.09 Å². The molecule has 1 aliphatic heterocycles. The number of benzene rings is 1. The molecule has 0 radical (unpaired) electrons. The van der Waals surface area contributed by atoms with E-state index in [1.54, 1.807) is 27.8 Å². The highest BCUT2D eigenvalue weighted by atomic mass is 16.7. The van der Waals surface area contributed by atoms with Crippen molar-refractivity contribution in [3.63, 3.8) is 0 Å². The number of hydrogen-bond donors (Lipinski definition) is 2. The zero-order chi connectivity index (χ0) is 22.9. The van der Waals surface area contributed by atoms with Gasteiger partial charge >= 0.3 is 6.09 Å². The van der Waals surface area contributed by atoms with Gasteiger partial charge in [0, 0.05) is 12.6 Å². The highest BCUT2D eigenvalue weighted by Crippen LogP contribution is 2.37. The number of amides is 1. The fourth-order valence-electron chi connectivity index (χ4n) is 3.62. The van der Waals surface area contributed by atoms with E-state index in [-0.39, 0.29) is 12.4 Å². The fraction of sp³-hybridized carbons (Fsp3) is 0.682. The lowest BCUT2D eigenvalue weighted by molar-refractivity contribution is -0.145. The number of carbonyl (C=O) groups excluding carboxylic acids is 1. The summed E-state index contributed by atoms with van der Waals surface area (Å²) in [5.74, 6) is -0.547. The average molecular weight is 426 g/mol. The first kappa shape index (κ1) is 24.2. The van der Waals surface area contributed by atoms with Gasteiger partial charge in [-0.3, -0.25) is 0 Å². The van der Waals surface area contributed by atoms with Crippen molar-refractivity contribution < 1.29 is 34.0 Å². The summed E-state index contributed by atoms with van der Waals surface area (Å²) in [6, 6.07) is 1.40. The minimum absolute atomic E-state index is 0.0995. The number of aliphatic hydroxyl groups is 1. The van der Waals surface area contributed by atoms with E-state index in [9.17, 15) is 15.0 Å². The zero-order valence-corrected chi connectivity index (χ0v) is 19.2. The molecule has 1 aromatic carbocycles. The van der Waals surface area contributed by atoms with Gasteiger partial charge in [0.1, 0.15) is 11.7 Å². The van der Waals surface area contributed by atoms with Gasteiger partial charge in [-0.2, -0.15) is 0 Å². The average Bonchev–Trinajstić information content (AvgIpc) is 2.97. The standard InChI is InChI=1S/C22H35NO7/c1-13-9-14(15(11-24)18(25)19(13)27-8)10-16(17-12-28-22(5,6)29-17)23(7)20(26)30-21(2,3)4/h9,16-17,24-25H,10-12H2,1-8H3. The van der Waals surface area contributed by atoms with Crippen LogP contribution < -0.4 is 4.74 Å². The maximum atomic E-state index is 12.8. The van der Waals surface area contributed by atoms with E-state index in [4.69, 9.17) is 18.9 Å². The summed E-state index contributed by atoms with van der Waals surface area (Å²) in [7, 11) is 3.12. The summed E-state index contributed by atoms with van der Waals surface area (Å²) in [6.45, 7) is 10.8. The molecule has 1 fully saturated rings. The zero-order valence-electron chi connectivity index (χ0n) is 19.2. The largest absolute Gasteiger partial charge is 0.504 e. The highest BCUT2D eigenvalue weighted by molar-refractivity contribution is 5.68. The SMILES string of the molecule is COc1c(C)cc(CC(C2COC(C)(C)O2)N(C)C(=O)OC(C)(C)C)c(CO)c1O. The van der Waals surface area contributed by atoms with Gasteiger partial charge in [-0.1, -0.05) is 6.07 Å². The second-order valence-electron chi connectivity index (χ2n) is 9.10. The first-order valence-electron chi connectivity index (χ1n) is 10.1. The number of ether oxygens (including phenoxy) is 4. The van der Waals surface area contributed by atoms with Crippen molar-refractivity contribution in [2.45, 2.75) is 78.1 Å².